The van der Waals surface area contributed by atoms with Gasteiger partial charge in [-0.3, -0.25) is 0 Å². The van der Waals surface area contributed by atoms with E-state index in [4.69, 9.17) is 16.3 Å². The highest BCUT2D eigenvalue weighted by Crippen LogP contribution is 2.23. The Bertz CT molecular complexity index is 601. The average molecular weight is 309 g/mol. The van der Waals surface area contributed by atoms with E-state index in [0.717, 1.165) is 16.9 Å². The summed E-state index contributed by atoms with van der Waals surface area (Å²) >= 11 is 6.04. The highest BCUT2D eigenvalue weighted by atomic mass is 35.5. The van der Waals surface area contributed by atoms with Crippen molar-refractivity contribution in [2.75, 3.05) is 13.7 Å². The van der Waals surface area contributed by atoms with Crippen molar-refractivity contribution in [2.24, 2.45) is 5.92 Å². The van der Waals surface area contributed by atoms with Crippen LogP contribution in [0.25, 0.3) is 0 Å². The van der Waals surface area contributed by atoms with Crippen LogP contribution in [0.5, 0.6) is 5.75 Å². The molecule has 0 radical (unpaired) electrons. The van der Waals surface area contributed by atoms with E-state index in [2.05, 4.69) is 0 Å². The first-order chi connectivity index (χ1) is 10.1. The normalized spacial score (nSPS) is 12.2. The molecule has 0 aliphatic carbocycles. The average Bonchev–Trinajstić information content (AvgIpc) is 2.49. The Kier molecular flexibility index (Phi) is 5.59. The van der Waals surface area contributed by atoms with Gasteiger partial charge in [-0.25, -0.2) is 4.39 Å². The monoisotopic (exact) mass is 308 g/mol. The maximum Gasteiger partial charge on any atom is 0.124 e. The number of aliphatic hydroxyl groups is 1. The van der Waals surface area contributed by atoms with E-state index in [1.54, 1.807) is 13.2 Å². The van der Waals surface area contributed by atoms with E-state index in [9.17, 15) is 9.50 Å². The third kappa shape index (κ3) is 4.45. The summed E-state index contributed by atoms with van der Waals surface area (Å²) in [5.74, 6) is 0.473. The Morgan fingerprint density at radius 2 is 2.00 bits per heavy atom. The first kappa shape index (κ1) is 15.8. The van der Waals surface area contributed by atoms with E-state index >= 15 is 0 Å². The minimum Gasteiger partial charge on any atom is -0.497 e. The lowest BCUT2D eigenvalue weighted by atomic mass is 9.93. The Labute approximate surface area is 129 Å². The van der Waals surface area contributed by atoms with Gasteiger partial charge in [0.25, 0.3) is 0 Å². The van der Waals surface area contributed by atoms with Gasteiger partial charge in [0.05, 0.1) is 7.11 Å². The molecule has 0 aromatic heterocycles. The number of hydrogen-bond acceptors (Lipinski definition) is 2. The van der Waals surface area contributed by atoms with Crippen LogP contribution in [0, 0.1) is 11.7 Å². The summed E-state index contributed by atoms with van der Waals surface area (Å²) in [7, 11) is 1.63. The molecule has 2 nitrogen and oxygen atoms in total. The molecular formula is C17H18ClFO2. The third-order valence-electron chi connectivity index (χ3n) is 3.44. The second kappa shape index (κ2) is 7.43. The predicted octanol–water partition coefficient (Wildman–Crippen LogP) is 3.88. The lowest BCUT2D eigenvalue weighted by molar-refractivity contribution is 0.225. The van der Waals surface area contributed by atoms with Gasteiger partial charge in [-0.1, -0.05) is 29.8 Å². The first-order valence-corrected chi connectivity index (χ1v) is 7.18. The molecule has 112 valence electrons. The molecule has 2 aromatic carbocycles. The van der Waals surface area contributed by atoms with Crippen molar-refractivity contribution in [2.45, 2.75) is 12.8 Å². The van der Waals surface area contributed by atoms with Gasteiger partial charge in [-0.05, 0) is 54.2 Å². The second-order valence-corrected chi connectivity index (χ2v) is 5.45. The van der Waals surface area contributed by atoms with Gasteiger partial charge >= 0.3 is 0 Å². The number of aliphatic hydroxyl groups excluding tert-OH is 1. The van der Waals surface area contributed by atoms with Crippen molar-refractivity contribution in [3.63, 3.8) is 0 Å². The van der Waals surface area contributed by atoms with E-state index in [1.165, 1.54) is 12.1 Å². The van der Waals surface area contributed by atoms with Crippen LogP contribution in [0.1, 0.15) is 11.1 Å². The minimum absolute atomic E-state index is 0.0278. The van der Waals surface area contributed by atoms with Crippen molar-refractivity contribution < 1.29 is 14.2 Å². The number of benzene rings is 2. The third-order valence-corrected chi connectivity index (χ3v) is 3.79. The van der Waals surface area contributed by atoms with E-state index in [1.807, 2.05) is 24.3 Å². The van der Waals surface area contributed by atoms with Crippen LogP contribution < -0.4 is 4.74 Å². The molecule has 0 fully saturated rings. The van der Waals surface area contributed by atoms with Gasteiger partial charge in [0, 0.05) is 11.6 Å². The standard InChI is InChI=1S/C17H18ClFO2/c1-21-16-4-2-3-12(9-16)7-13(11-20)8-14-5-6-15(19)10-17(14)18/h2-6,9-10,13,20H,7-8,11H2,1H3. The number of hydrogen-bond donors (Lipinski definition) is 1. The molecule has 0 amide bonds. The quantitative estimate of drug-likeness (QED) is 0.877. The highest BCUT2D eigenvalue weighted by Gasteiger charge is 2.13. The van der Waals surface area contributed by atoms with Crippen LogP contribution >= 0.6 is 11.6 Å². The minimum atomic E-state index is -0.350. The van der Waals surface area contributed by atoms with Gasteiger partial charge in [0.1, 0.15) is 11.6 Å². The van der Waals surface area contributed by atoms with Crippen LogP contribution in [0.15, 0.2) is 42.5 Å². The maximum absolute atomic E-state index is 13.0. The lowest BCUT2D eigenvalue weighted by Gasteiger charge is -2.16. The van der Waals surface area contributed by atoms with E-state index < -0.39 is 0 Å². The molecule has 1 unspecified atom stereocenters. The first-order valence-electron chi connectivity index (χ1n) is 6.80. The molecule has 0 spiro atoms. The molecule has 2 aromatic rings. The molecule has 21 heavy (non-hydrogen) atoms. The van der Waals surface area contributed by atoms with Crippen LogP contribution in [-0.2, 0) is 12.8 Å². The zero-order valence-corrected chi connectivity index (χ0v) is 12.6. The van der Waals surface area contributed by atoms with Crippen LogP contribution in [-0.4, -0.2) is 18.8 Å². The van der Waals surface area contributed by atoms with Gasteiger partial charge in [-0.2, -0.15) is 0 Å². The molecule has 4 heteroatoms. The Morgan fingerprint density at radius 3 is 2.67 bits per heavy atom. The van der Waals surface area contributed by atoms with Crippen LogP contribution in [0.3, 0.4) is 0 Å². The molecule has 0 aliphatic rings. The molecule has 0 saturated heterocycles. The SMILES string of the molecule is COc1cccc(CC(CO)Cc2ccc(F)cc2Cl)c1. The number of ether oxygens (including phenoxy) is 1. The topological polar surface area (TPSA) is 29.5 Å². The zero-order valence-electron chi connectivity index (χ0n) is 11.9. The smallest absolute Gasteiger partial charge is 0.124 e. The van der Waals surface area contributed by atoms with Gasteiger partial charge in [0.2, 0.25) is 0 Å². The molecule has 0 bridgehead atoms. The highest BCUT2D eigenvalue weighted by molar-refractivity contribution is 6.31. The lowest BCUT2D eigenvalue weighted by Crippen LogP contribution is -2.13. The summed E-state index contributed by atoms with van der Waals surface area (Å²) in [4.78, 5) is 0. The van der Waals surface area contributed by atoms with Gasteiger partial charge in [0.15, 0.2) is 0 Å². The van der Waals surface area contributed by atoms with E-state index in [0.29, 0.717) is 17.9 Å². The number of halogens is 2. The van der Waals surface area contributed by atoms with Crippen molar-refractivity contribution in [3.05, 3.63) is 64.4 Å². The zero-order chi connectivity index (χ0) is 15.2. The summed E-state index contributed by atoms with van der Waals surface area (Å²) in [6, 6.07) is 12.1. The predicted molar refractivity (Wildman–Crippen MR) is 82.4 cm³/mol. The fourth-order valence-corrected chi connectivity index (χ4v) is 2.58. The summed E-state index contributed by atoms with van der Waals surface area (Å²) in [6.45, 7) is 0.0465. The van der Waals surface area contributed by atoms with Crippen molar-refractivity contribution >= 4 is 11.6 Å². The van der Waals surface area contributed by atoms with Crippen LogP contribution in [0.2, 0.25) is 5.02 Å². The van der Waals surface area contributed by atoms with Gasteiger partial charge in [-0.15, -0.1) is 0 Å². The molecule has 0 aliphatic heterocycles. The summed E-state index contributed by atoms with van der Waals surface area (Å²) in [5.41, 5.74) is 1.94. The van der Waals surface area contributed by atoms with Crippen LogP contribution in [0.4, 0.5) is 4.39 Å². The fraction of sp³-hybridized carbons (Fsp3) is 0.294. The Morgan fingerprint density at radius 1 is 1.19 bits per heavy atom. The Balaban J connectivity index is 2.09. The molecular weight excluding hydrogens is 291 g/mol. The second-order valence-electron chi connectivity index (χ2n) is 5.04. The molecule has 0 heterocycles. The molecule has 1 atom stereocenters. The summed E-state index contributed by atoms with van der Waals surface area (Å²) in [6.07, 6.45) is 1.31. The number of methoxy groups -OCH3 is 1. The molecule has 0 saturated carbocycles. The summed E-state index contributed by atoms with van der Waals surface area (Å²) < 4.78 is 18.2. The van der Waals surface area contributed by atoms with Crippen molar-refractivity contribution in [1.82, 2.24) is 0 Å². The largest absolute Gasteiger partial charge is 0.497 e. The van der Waals surface area contributed by atoms with Crippen molar-refractivity contribution in [1.29, 1.82) is 0 Å². The van der Waals surface area contributed by atoms with Gasteiger partial charge < -0.3 is 9.84 Å². The fourth-order valence-electron chi connectivity index (χ4n) is 2.33. The molecule has 2 rings (SSSR count). The van der Waals surface area contributed by atoms with E-state index in [-0.39, 0.29) is 18.3 Å². The number of rotatable bonds is 6. The van der Waals surface area contributed by atoms with Crippen molar-refractivity contribution in [3.8, 4) is 5.75 Å². The molecule has 1 N–H and O–H groups in total. The maximum atomic E-state index is 13.0. The summed E-state index contributed by atoms with van der Waals surface area (Å²) in [5, 5.41) is 9.97. The Hall–Kier alpha value is -1.58.